The predicted molar refractivity (Wildman–Crippen MR) is 68.8 cm³/mol. The molecule has 0 heterocycles. The summed E-state index contributed by atoms with van der Waals surface area (Å²) in [6.07, 6.45) is 2.37. The maximum Gasteiger partial charge on any atom is 0.115 e. The number of thiol groups is 1. The van der Waals surface area contributed by atoms with Crippen molar-refractivity contribution >= 4 is 12.6 Å². The normalized spacial score (nSPS) is 14.9. The fourth-order valence-corrected chi connectivity index (χ4v) is 2.19. The second-order valence-corrected chi connectivity index (χ2v) is 4.51. The Morgan fingerprint density at radius 3 is 2.33 bits per heavy atom. The van der Waals surface area contributed by atoms with Crippen LogP contribution in [0.5, 0.6) is 5.75 Å². The minimum atomic E-state index is 0.340. The second kappa shape index (κ2) is 6.06. The first-order chi connectivity index (χ1) is 7.19. The molecule has 1 rings (SSSR count). The molecule has 84 valence electrons. The maximum absolute atomic E-state index is 9.25. The van der Waals surface area contributed by atoms with Gasteiger partial charge in [-0.1, -0.05) is 32.4 Å². The second-order valence-electron chi connectivity index (χ2n) is 4.15. The molecule has 0 amide bonds. The zero-order valence-corrected chi connectivity index (χ0v) is 10.4. The van der Waals surface area contributed by atoms with Crippen LogP contribution in [0.25, 0.3) is 0 Å². The van der Waals surface area contributed by atoms with Crippen molar-refractivity contribution < 1.29 is 5.11 Å². The monoisotopic (exact) mass is 224 g/mol. The number of hydrogen-bond acceptors (Lipinski definition) is 2. The van der Waals surface area contributed by atoms with Crippen molar-refractivity contribution in [3.8, 4) is 5.75 Å². The lowest BCUT2D eigenvalue weighted by molar-refractivity contribution is 0.463. The molecule has 0 bridgehead atoms. The number of phenols is 1. The van der Waals surface area contributed by atoms with Gasteiger partial charge >= 0.3 is 0 Å². The summed E-state index contributed by atoms with van der Waals surface area (Å²) in [5, 5.41) is 9.25. The zero-order chi connectivity index (χ0) is 11.3. The van der Waals surface area contributed by atoms with E-state index >= 15 is 0 Å². The van der Waals surface area contributed by atoms with Gasteiger partial charge in [0.05, 0.1) is 0 Å². The highest BCUT2D eigenvalue weighted by molar-refractivity contribution is 7.80. The lowest BCUT2D eigenvalue weighted by atomic mass is 9.85. The topological polar surface area (TPSA) is 20.2 Å². The molecule has 0 aliphatic heterocycles. The van der Waals surface area contributed by atoms with Crippen molar-refractivity contribution in [3.05, 3.63) is 29.8 Å². The largest absolute Gasteiger partial charge is 0.508 e. The van der Waals surface area contributed by atoms with E-state index in [-0.39, 0.29) is 0 Å². The van der Waals surface area contributed by atoms with Gasteiger partial charge in [0, 0.05) is 0 Å². The van der Waals surface area contributed by atoms with Gasteiger partial charge in [-0.05, 0) is 41.7 Å². The average Bonchev–Trinajstić information content (AvgIpc) is 2.26. The number of benzene rings is 1. The summed E-state index contributed by atoms with van der Waals surface area (Å²) >= 11 is 4.37. The Morgan fingerprint density at radius 1 is 1.27 bits per heavy atom. The molecule has 2 heteroatoms. The Balaban J connectivity index is 2.83. The molecule has 1 aromatic carbocycles. The van der Waals surface area contributed by atoms with Crippen LogP contribution in [0, 0.1) is 5.92 Å². The van der Waals surface area contributed by atoms with Crippen LogP contribution in [0.15, 0.2) is 24.3 Å². The summed E-state index contributed by atoms with van der Waals surface area (Å²) < 4.78 is 0. The molecule has 1 N–H and O–H groups in total. The van der Waals surface area contributed by atoms with Gasteiger partial charge in [-0.3, -0.25) is 0 Å². The smallest absolute Gasteiger partial charge is 0.115 e. The van der Waals surface area contributed by atoms with E-state index in [4.69, 9.17) is 0 Å². The van der Waals surface area contributed by atoms with Crippen molar-refractivity contribution in [1.29, 1.82) is 0 Å². The van der Waals surface area contributed by atoms with Crippen LogP contribution in [-0.4, -0.2) is 10.9 Å². The van der Waals surface area contributed by atoms with Crippen molar-refractivity contribution in [2.24, 2.45) is 5.92 Å². The third-order valence-electron chi connectivity index (χ3n) is 2.90. The van der Waals surface area contributed by atoms with E-state index in [0.29, 0.717) is 17.6 Å². The number of phenolic OH excluding ortho intramolecular Hbond substituents is 1. The molecular formula is C13H20OS. The Labute approximate surface area is 97.9 Å². The van der Waals surface area contributed by atoms with Crippen LogP contribution in [0.1, 0.15) is 38.2 Å². The summed E-state index contributed by atoms with van der Waals surface area (Å²) in [5.74, 6) is 2.39. The fourth-order valence-electron chi connectivity index (χ4n) is 1.94. The van der Waals surface area contributed by atoms with Gasteiger partial charge in [-0.25, -0.2) is 0 Å². The number of rotatable bonds is 5. The minimum Gasteiger partial charge on any atom is -0.508 e. The molecule has 0 radical (unpaired) electrons. The maximum atomic E-state index is 9.25. The number of hydrogen-bond donors (Lipinski definition) is 2. The van der Waals surface area contributed by atoms with E-state index in [1.165, 1.54) is 18.4 Å². The molecule has 0 saturated heterocycles. The quantitative estimate of drug-likeness (QED) is 0.728. The van der Waals surface area contributed by atoms with E-state index in [2.05, 4.69) is 26.5 Å². The van der Waals surface area contributed by atoms with Gasteiger partial charge < -0.3 is 5.11 Å². The van der Waals surface area contributed by atoms with Gasteiger partial charge in [0.1, 0.15) is 5.75 Å². The Kier molecular flexibility index (Phi) is 5.03. The average molecular weight is 224 g/mol. The standard InChI is InChI=1S/C13H20OS/c1-3-4-13(10(2)9-15)11-5-7-12(14)8-6-11/h5-8,10,13-15H,3-4,9H2,1-2H3. The van der Waals surface area contributed by atoms with Crippen molar-refractivity contribution in [2.45, 2.75) is 32.6 Å². The molecule has 1 aromatic rings. The van der Waals surface area contributed by atoms with E-state index < -0.39 is 0 Å². The third kappa shape index (κ3) is 3.45. The number of aromatic hydroxyl groups is 1. The molecule has 1 nitrogen and oxygen atoms in total. The molecular weight excluding hydrogens is 204 g/mol. The van der Waals surface area contributed by atoms with Gasteiger partial charge in [0.15, 0.2) is 0 Å². The molecule has 2 unspecified atom stereocenters. The van der Waals surface area contributed by atoms with Crippen LogP contribution in [0.3, 0.4) is 0 Å². The minimum absolute atomic E-state index is 0.340. The molecule has 0 aromatic heterocycles. The molecule has 0 spiro atoms. The van der Waals surface area contributed by atoms with E-state index in [1.807, 2.05) is 12.1 Å². The summed E-state index contributed by atoms with van der Waals surface area (Å²) in [7, 11) is 0. The van der Waals surface area contributed by atoms with Crippen molar-refractivity contribution in [1.82, 2.24) is 0 Å². The van der Waals surface area contributed by atoms with Crippen LogP contribution < -0.4 is 0 Å². The third-order valence-corrected chi connectivity index (χ3v) is 3.47. The molecule has 0 aliphatic rings. The predicted octanol–water partition coefficient (Wildman–Crippen LogP) is 3.84. The Morgan fingerprint density at radius 2 is 1.87 bits per heavy atom. The van der Waals surface area contributed by atoms with E-state index in [1.54, 1.807) is 12.1 Å². The lowest BCUT2D eigenvalue weighted by Gasteiger charge is -2.22. The van der Waals surface area contributed by atoms with Crippen LogP contribution >= 0.6 is 12.6 Å². The van der Waals surface area contributed by atoms with Crippen molar-refractivity contribution in [3.63, 3.8) is 0 Å². The van der Waals surface area contributed by atoms with Gasteiger partial charge in [0.25, 0.3) is 0 Å². The Hall–Kier alpha value is -0.630. The summed E-state index contributed by atoms with van der Waals surface area (Å²) in [6, 6.07) is 7.58. The molecule has 15 heavy (non-hydrogen) atoms. The molecule has 0 fully saturated rings. The highest BCUT2D eigenvalue weighted by Gasteiger charge is 2.17. The zero-order valence-electron chi connectivity index (χ0n) is 9.48. The van der Waals surface area contributed by atoms with Crippen LogP contribution in [0.4, 0.5) is 0 Å². The summed E-state index contributed by atoms with van der Waals surface area (Å²) in [4.78, 5) is 0. The first-order valence-electron chi connectivity index (χ1n) is 5.58. The molecule has 2 atom stereocenters. The van der Waals surface area contributed by atoms with Gasteiger partial charge in [0.2, 0.25) is 0 Å². The summed E-state index contributed by atoms with van der Waals surface area (Å²) in [5.41, 5.74) is 1.32. The lowest BCUT2D eigenvalue weighted by Crippen LogP contribution is -2.11. The van der Waals surface area contributed by atoms with Crippen LogP contribution in [-0.2, 0) is 0 Å². The van der Waals surface area contributed by atoms with Gasteiger partial charge in [-0.2, -0.15) is 12.6 Å². The summed E-state index contributed by atoms with van der Waals surface area (Å²) in [6.45, 7) is 4.44. The highest BCUT2D eigenvalue weighted by Crippen LogP contribution is 2.30. The van der Waals surface area contributed by atoms with Gasteiger partial charge in [-0.15, -0.1) is 0 Å². The first-order valence-corrected chi connectivity index (χ1v) is 6.22. The van der Waals surface area contributed by atoms with Crippen LogP contribution in [0.2, 0.25) is 0 Å². The first kappa shape index (κ1) is 12.4. The molecule has 0 aliphatic carbocycles. The van der Waals surface area contributed by atoms with E-state index in [9.17, 15) is 5.11 Å². The fraction of sp³-hybridized carbons (Fsp3) is 0.538. The Bertz CT molecular complexity index is 281. The van der Waals surface area contributed by atoms with Crippen molar-refractivity contribution in [2.75, 3.05) is 5.75 Å². The molecule has 0 saturated carbocycles. The SMILES string of the molecule is CCCC(c1ccc(O)cc1)C(C)CS. The van der Waals surface area contributed by atoms with E-state index in [0.717, 1.165) is 5.75 Å². The highest BCUT2D eigenvalue weighted by atomic mass is 32.1.